The molecule has 1 fully saturated rings. The maximum Gasteiger partial charge on any atom is 0.264 e. The maximum absolute atomic E-state index is 14.0. The van der Waals surface area contributed by atoms with Crippen molar-refractivity contribution in [2.24, 2.45) is 0 Å². The van der Waals surface area contributed by atoms with Gasteiger partial charge < -0.3 is 10.2 Å². The summed E-state index contributed by atoms with van der Waals surface area (Å²) in [5.41, 5.74) is 0.712. The molecule has 1 saturated carbocycles. The van der Waals surface area contributed by atoms with Crippen LogP contribution in [0.3, 0.4) is 0 Å². The lowest BCUT2D eigenvalue weighted by atomic mass is 10.1. The molecule has 1 N–H and O–H groups in total. The van der Waals surface area contributed by atoms with Crippen molar-refractivity contribution in [2.75, 3.05) is 10.8 Å². The molecule has 0 radical (unpaired) electrons. The third-order valence-corrected chi connectivity index (χ3v) is 9.64. The molecule has 4 rings (SSSR count). The fraction of sp³-hybridized carbons (Fsp3) is 0.310. The molecule has 1 aliphatic carbocycles. The zero-order valence-corrected chi connectivity index (χ0v) is 25.0. The Morgan fingerprint density at radius 1 is 0.925 bits per heavy atom. The van der Waals surface area contributed by atoms with Gasteiger partial charge in [0.1, 0.15) is 12.6 Å². The van der Waals surface area contributed by atoms with Crippen molar-refractivity contribution in [3.05, 3.63) is 93.4 Å². The highest BCUT2D eigenvalue weighted by molar-refractivity contribution is 7.92. The summed E-state index contributed by atoms with van der Waals surface area (Å²) in [4.78, 5) is 28.6. The van der Waals surface area contributed by atoms with E-state index in [0.29, 0.717) is 15.6 Å². The molecule has 0 unspecified atom stereocenters. The van der Waals surface area contributed by atoms with Crippen molar-refractivity contribution in [1.82, 2.24) is 10.2 Å². The monoisotopic (exact) mass is 621 g/mol. The molecule has 11 heteroatoms. The molecule has 1 atom stereocenters. The van der Waals surface area contributed by atoms with Crippen LogP contribution in [0, 0.1) is 0 Å². The van der Waals surface area contributed by atoms with Crippen LogP contribution >= 0.6 is 34.8 Å². The molecule has 0 aromatic heterocycles. The van der Waals surface area contributed by atoms with Gasteiger partial charge in [-0.1, -0.05) is 84.0 Å². The molecule has 212 valence electrons. The number of sulfonamides is 1. The Morgan fingerprint density at radius 3 is 2.23 bits per heavy atom. The van der Waals surface area contributed by atoms with E-state index >= 15 is 0 Å². The fourth-order valence-corrected chi connectivity index (χ4v) is 6.91. The lowest BCUT2D eigenvalue weighted by Crippen LogP contribution is -2.52. The van der Waals surface area contributed by atoms with Crippen LogP contribution in [-0.4, -0.2) is 43.8 Å². The molecule has 7 nitrogen and oxygen atoms in total. The number of hydrogen-bond donors (Lipinski definition) is 1. The lowest BCUT2D eigenvalue weighted by molar-refractivity contribution is -0.139. The van der Waals surface area contributed by atoms with Crippen molar-refractivity contribution in [1.29, 1.82) is 0 Å². The topological polar surface area (TPSA) is 86.8 Å². The summed E-state index contributed by atoms with van der Waals surface area (Å²) in [7, 11) is -4.23. The Bertz CT molecular complexity index is 1460. The van der Waals surface area contributed by atoms with E-state index < -0.39 is 28.5 Å². The summed E-state index contributed by atoms with van der Waals surface area (Å²) in [6.45, 7) is 1.03. The van der Waals surface area contributed by atoms with Crippen molar-refractivity contribution < 1.29 is 18.0 Å². The molecular formula is C29H30Cl3N3O4S. The highest BCUT2D eigenvalue weighted by Gasteiger charge is 2.34. The van der Waals surface area contributed by atoms with E-state index in [9.17, 15) is 18.0 Å². The molecule has 0 aliphatic heterocycles. The number of benzene rings is 3. The molecular weight excluding hydrogens is 593 g/mol. The number of amides is 2. The zero-order valence-electron chi connectivity index (χ0n) is 21.9. The van der Waals surface area contributed by atoms with E-state index in [0.717, 1.165) is 30.0 Å². The van der Waals surface area contributed by atoms with Crippen LogP contribution in [0.4, 0.5) is 5.69 Å². The first kappa shape index (κ1) is 30.2. The minimum absolute atomic E-state index is 0.00529. The smallest absolute Gasteiger partial charge is 0.264 e. The van der Waals surface area contributed by atoms with Gasteiger partial charge in [0.2, 0.25) is 11.8 Å². The van der Waals surface area contributed by atoms with Crippen molar-refractivity contribution in [2.45, 2.75) is 56.1 Å². The van der Waals surface area contributed by atoms with Gasteiger partial charge in [0.25, 0.3) is 10.0 Å². The van der Waals surface area contributed by atoms with E-state index in [-0.39, 0.29) is 34.1 Å². The molecule has 40 heavy (non-hydrogen) atoms. The van der Waals surface area contributed by atoms with E-state index in [1.54, 1.807) is 49.4 Å². The maximum atomic E-state index is 14.0. The van der Waals surface area contributed by atoms with Crippen molar-refractivity contribution >= 4 is 62.3 Å². The number of rotatable bonds is 10. The van der Waals surface area contributed by atoms with Gasteiger partial charge in [0.05, 0.1) is 15.6 Å². The summed E-state index contributed by atoms with van der Waals surface area (Å²) < 4.78 is 28.6. The first-order valence-electron chi connectivity index (χ1n) is 12.9. The van der Waals surface area contributed by atoms with Gasteiger partial charge in [-0.05, 0) is 61.7 Å². The molecule has 0 bridgehead atoms. The number of hydrogen-bond acceptors (Lipinski definition) is 4. The summed E-state index contributed by atoms with van der Waals surface area (Å²) in [5, 5.41) is 3.84. The minimum atomic E-state index is -4.23. The molecule has 0 saturated heterocycles. The summed E-state index contributed by atoms with van der Waals surface area (Å²) in [6, 6.07) is 18.3. The minimum Gasteiger partial charge on any atom is -0.352 e. The van der Waals surface area contributed by atoms with Crippen LogP contribution in [0.2, 0.25) is 15.1 Å². The zero-order chi connectivity index (χ0) is 28.9. The Hall–Kier alpha value is -2.78. The van der Waals surface area contributed by atoms with E-state index in [4.69, 9.17) is 34.8 Å². The molecule has 0 heterocycles. The van der Waals surface area contributed by atoms with Crippen LogP contribution < -0.4 is 9.62 Å². The van der Waals surface area contributed by atoms with Crippen LogP contribution in [-0.2, 0) is 26.2 Å². The Balaban J connectivity index is 1.71. The van der Waals surface area contributed by atoms with E-state index in [2.05, 4.69) is 5.32 Å². The van der Waals surface area contributed by atoms with Crippen LogP contribution in [0.15, 0.2) is 77.7 Å². The molecule has 3 aromatic carbocycles. The second kappa shape index (κ2) is 13.3. The van der Waals surface area contributed by atoms with Gasteiger partial charge in [-0.25, -0.2) is 8.42 Å². The Labute approximate surface area is 250 Å². The molecule has 2 amide bonds. The number of carbonyl (C=O) groups excluding carboxylic acids is 2. The number of halogens is 3. The van der Waals surface area contributed by atoms with Gasteiger partial charge in [0, 0.05) is 22.6 Å². The van der Waals surface area contributed by atoms with Gasteiger partial charge >= 0.3 is 0 Å². The highest BCUT2D eigenvalue weighted by atomic mass is 35.5. The number of nitrogens with zero attached hydrogens (tertiary/aromatic N) is 2. The third-order valence-electron chi connectivity index (χ3n) is 6.96. The van der Waals surface area contributed by atoms with Crippen LogP contribution in [0.5, 0.6) is 0 Å². The largest absolute Gasteiger partial charge is 0.352 e. The standard InChI is InChI=1S/C29H30Cl3N3O4S/c1-20(29(37)33-23-10-6-7-11-23)34(18-21-9-5-8-14-25(21)31)28(36)19-35(27-16-15-22(30)17-26(27)32)40(38,39)24-12-3-2-4-13-24/h2-5,8-9,12-17,20,23H,6-7,10-11,18-19H2,1H3,(H,33,37)/t20-/m0/s1. The Morgan fingerprint density at radius 2 is 1.57 bits per heavy atom. The predicted molar refractivity (Wildman–Crippen MR) is 159 cm³/mol. The van der Waals surface area contributed by atoms with Gasteiger partial charge in [-0.15, -0.1) is 0 Å². The SMILES string of the molecule is C[C@@H](C(=O)NC1CCCC1)N(Cc1ccccc1Cl)C(=O)CN(c1ccc(Cl)cc1Cl)S(=O)(=O)c1ccccc1. The van der Waals surface area contributed by atoms with E-state index in [1.807, 2.05) is 0 Å². The van der Waals surface area contributed by atoms with Gasteiger partial charge in [-0.2, -0.15) is 0 Å². The van der Waals surface area contributed by atoms with E-state index in [1.165, 1.54) is 35.2 Å². The normalized spacial score (nSPS) is 14.5. The fourth-order valence-electron chi connectivity index (χ4n) is 4.70. The average molecular weight is 623 g/mol. The summed E-state index contributed by atoms with van der Waals surface area (Å²) >= 11 is 18.9. The number of carbonyl (C=O) groups is 2. The molecule has 3 aromatic rings. The van der Waals surface area contributed by atoms with Crippen molar-refractivity contribution in [3.8, 4) is 0 Å². The quantitative estimate of drug-likeness (QED) is 0.287. The van der Waals surface area contributed by atoms with Gasteiger partial charge in [0.15, 0.2) is 0 Å². The van der Waals surface area contributed by atoms with Crippen LogP contribution in [0.25, 0.3) is 0 Å². The predicted octanol–water partition coefficient (Wildman–Crippen LogP) is 6.32. The third kappa shape index (κ3) is 7.10. The summed E-state index contributed by atoms with van der Waals surface area (Å²) in [5.74, 6) is -0.909. The average Bonchev–Trinajstić information content (AvgIpc) is 3.44. The van der Waals surface area contributed by atoms with Crippen molar-refractivity contribution in [3.63, 3.8) is 0 Å². The molecule has 1 aliphatic rings. The second-order valence-electron chi connectivity index (χ2n) is 9.70. The van der Waals surface area contributed by atoms with Gasteiger partial charge in [-0.3, -0.25) is 13.9 Å². The highest BCUT2D eigenvalue weighted by Crippen LogP contribution is 2.33. The van der Waals surface area contributed by atoms with Crippen LogP contribution in [0.1, 0.15) is 38.2 Å². The number of anilines is 1. The lowest BCUT2D eigenvalue weighted by Gasteiger charge is -2.33. The first-order valence-corrected chi connectivity index (χ1v) is 15.5. The Kier molecular flexibility index (Phi) is 10.0. The first-order chi connectivity index (χ1) is 19.1. The second-order valence-corrected chi connectivity index (χ2v) is 12.8. The summed E-state index contributed by atoms with van der Waals surface area (Å²) in [6.07, 6.45) is 3.84. The molecule has 0 spiro atoms. The number of nitrogens with one attached hydrogen (secondary N) is 1.